The molecule has 2 aromatic heterocycles. The van der Waals surface area contributed by atoms with Gasteiger partial charge in [0.25, 0.3) is 0 Å². The normalized spacial score (nSPS) is 11.0. The van der Waals surface area contributed by atoms with Crippen LogP contribution in [-0.2, 0) is 5.75 Å². The number of aryl methyl sites for hydroxylation is 1. The Bertz CT molecular complexity index is 1090. The number of nitrogen functional groups attached to an aromatic ring is 1. The first kappa shape index (κ1) is 17.2. The Kier molecular flexibility index (Phi) is 4.59. The average Bonchev–Trinajstić information content (AvgIpc) is 3.28. The highest BCUT2D eigenvalue weighted by molar-refractivity contribution is 7.98. The Morgan fingerprint density at radius 3 is 2.74 bits per heavy atom. The van der Waals surface area contributed by atoms with Gasteiger partial charge in [0.05, 0.1) is 11.3 Å². The van der Waals surface area contributed by atoms with Crippen LogP contribution in [0.15, 0.2) is 58.1 Å². The molecule has 0 bridgehead atoms. The van der Waals surface area contributed by atoms with E-state index in [0.29, 0.717) is 28.3 Å². The van der Waals surface area contributed by atoms with Crippen molar-refractivity contribution in [3.8, 4) is 22.8 Å². The van der Waals surface area contributed by atoms with Gasteiger partial charge in [-0.05, 0) is 31.2 Å². The van der Waals surface area contributed by atoms with Crippen molar-refractivity contribution in [2.45, 2.75) is 17.8 Å². The Morgan fingerprint density at radius 2 is 1.93 bits per heavy atom. The fourth-order valence-corrected chi connectivity index (χ4v) is 3.23. The van der Waals surface area contributed by atoms with E-state index in [9.17, 15) is 4.39 Å². The largest absolute Gasteiger partial charge is 0.420 e. The first-order valence-electron chi connectivity index (χ1n) is 8.09. The molecule has 2 aromatic carbocycles. The number of nitrogens with zero attached hydrogens (tertiary/aromatic N) is 5. The highest BCUT2D eigenvalue weighted by Crippen LogP contribution is 2.26. The second-order valence-corrected chi connectivity index (χ2v) is 6.76. The number of benzene rings is 2. The second-order valence-electron chi connectivity index (χ2n) is 5.82. The molecule has 0 spiro atoms. The van der Waals surface area contributed by atoms with Gasteiger partial charge >= 0.3 is 0 Å². The van der Waals surface area contributed by atoms with Crippen molar-refractivity contribution >= 4 is 11.8 Å². The van der Waals surface area contributed by atoms with Crippen molar-refractivity contribution in [3.05, 3.63) is 65.8 Å². The fraction of sp³-hybridized carbons (Fsp3) is 0.111. The summed E-state index contributed by atoms with van der Waals surface area (Å²) >= 11 is 1.28. The van der Waals surface area contributed by atoms with E-state index in [1.165, 1.54) is 22.5 Å². The second kappa shape index (κ2) is 7.20. The maximum absolute atomic E-state index is 13.9. The molecule has 2 heterocycles. The maximum atomic E-state index is 13.9. The van der Waals surface area contributed by atoms with Gasteiger partial charge in [0, 0.05) is 5.56 Å². The van der Waals surface area contributed by atoms with Gasteiger partial charge in [-0.3, -0.25) is 0 Å². The number of halogens is 1. The number of hydrogen-bond donors (Lipinski definition) is 1. The van der Waals surface area contributed by atoms with Crippen LogP contribution in [0.1, 0.15) is 11.5 Å². The van der Waals surface area contributed by atoms with Gasteiger partial charge in [0.2, 0.25) is 16.9 Å². The minimum atomic E-state index is -0.409. The Hall–Kier alpha value is -3.20. The molecule has 27 heavy (non-hydrogen) atoms. The van der Waals surface area contributed by atoms with E-state index >= 15 is 0 Å². The van der Waals surface area contributed by atoms with Gasteiger partial charge in [-0.1, -0.05) is 41.6 Å². The summed E-state index contributed by atoms with van der Waals surface area (Å²) in [5, 5.41) is 16.5. The van der Waals surface area contributed by atoms with E-state index in [2.05, 4.69) is 20.4 Å². The Balaban J connectivity index is 1.50. The van der Waals surface area contributed by atoms with Crippen molar-refractivity contribution in [1.82, 2.24) is 25.1 Å². The molecule has 0 saturated carbocycles. The minimum Gasteiger partial charge on any atom is -0.420 e. The van der Waals surface area contributed by atoms with Crippen LogP contribution in [0.5, 0.6) is 0 Å². The highest BCUT2D eigenvalue weighted by Gasteiger charge is 2.16. The van der Waals surface area contributed by atoms with Crippen molar-refractivity contribution in [2.24, 2.45) is 0 Å². The number of nitrogens with two attached hydrogens (primary N) is 1. The molecule has 2 N–H and O–H groups in total. The molecule has 0 aliphatic rings. The zero-order chi connectivity index (χ0) is 18.8. The van der Waals surface area contributed by atoms with Crippen LogP contribution in [0.3, 0.4) is 0 Å². The maximum Gasteiger partial charge on any atom is 0.247 e. The monoisotopic (exact) mass is 382 g/mol. The van der Waals surface area contributed by atoms with Gasteiger partial charge in [0.1, 0.15) is 5.82 Å². The molecule has 7 nitrogen and oxygen atoms in total. The minimum absolute atomic E-state index is 0.251. The summed E-state index contributed by atoms with van der Waals surface area (Å²) in [6, 6.07) is 14.1. The van der Waals surface area contributed by atoms with Crippen molar-refractivity contribution in [2.75, 3.05) is 5.84 Å². The van der Waals surface area contributed by atoms with E-state index in [1.807, 2.05) is 31.2 Å². The van der Waals surface area contributed by atoms with Crippen molar-refractivity contribution < 1.29 is 8.81 Å². The molecule has 0 radical (unpaired) electrons. The van der Waals surface area contributed by atoms with Crippen LogP contribution in [0.4, 0.5) is 4.39 Å². The lowest BCUT2D eigenvalue weighted by molar-refractivity contribution is 0.528. The number of rotatable bonds is 5. The predicted molar refractivity (Wildman–Crippen MR) is 99.6 cm³/mol. The van der Waals surface area contributed by atoms with Gasteiger partial charge in [-0.15, -0.1) is 20.4 Å². The zero-order valence-electron chi connectivity index (χ0n) is 14.3. The first-order valence-corrected chi connectivity index (χ1v) is 9.08. The van der Waals surface area contributed by atoms with E-state index in [4.69, 9.17) is 10.3 Å². The summed E-state index contributed by atoms with van der Waals surface area (Å²) in [6.45, 7) is 2.00. The topological polar surface area (TPSA) is 95.7 Å². The highest BCUT2D eigenvalue weighted by atomic mass is 32.2. The summed E-state index contributed by atoms with van der Waals surface area (Å²) < 4.78 is 20.9. The summed E-state index contributed by atoms with van der Waals surface area (Å²) in [6.07, 6.45) is 0. The van der Waals surface area contributed by atoms with Crippen LogP contribution in [0, 0.1) is 12.7 Å². The SMILES string of the molecule is Cc1cccc(-c2nnc(CSc3nnc(-c4ccccc4F)n3N)o2)c1. The molecule has 136 valence electrons. The van der Waals surface area contributed by atoms with Crippen LogP contribution in [0.2, 0.25) is 0 Å². The molecular formula is C18H15FN6OS. The molecule has 0 fully saturated rings. The molecule has 0 saturated heterocycles. The fourth-order valence-electron chi connectivity index (χ4n) is 2.53. The average molecular weight is 382 g/mol. The molecule has 0 amide bonds. The smallest absolute Gasteiger partial charge is 0.247 e. The van der Waals surface area contributed by atoms with Crippen LogP contribution >= 0.6 is 11.8 Å². The summed E-state index contributed by atoms with van der Waals surface area (Å²) in [7, 11) is 0. The predicted octanol–water partition coefficient (Wildman–Crippen LogP) is 3.45. The molecule has 0 atom stereocenters. The molecule has 4 rings (SSSR count). The number of hydrogen-bond acceptors (Lipinski definition) is 7. The summed E-state index contributed by atoms with van der Waals surface area (Å²) in [4.78, 5) is 0. The lowest BCUT2D eigenvalue weighted by atomic mass is 10.1. The molecule has 9 heteroatoms. The van der Waals surface area contributed by atoms with Gasteiger partial charge in [0.15, 0.2) is 5.82 Å². The van der Waals surface area contributed by atoms with E-state index in [1.54, 1.807) is 18.2 Å². The molecular weight excluding hydrogens is 367 g/mol. The quantitative estimate of drug-likeness (QED) is 0.417. The van der Waals surface area contributed by atoms with Crippen LogP contribution < -0.4 is 5.84 Å². The summed E-state index contributed by atoms with van der Waals surface area (Å²) in [5.41, 5.74) is 2.26. The molecule has 0 aliphatic carbocycles. The zero-order valence-corrected chi connectivity index (χ0v) is 15.2. The van der Waals surface area contributed by atoms with Crippen molar-refractivity contribution in [3.63, 3.8) is 0 Å². The van der Waals surface area contributed by atoms with Crippen molar-refractivity contribution in [1.29, 1.82) is 0 Å². The third-order valence-electron chi connectivity index (χ3n) is 3.84. The Labute approximate surface area is 158 Å². The standard InChI is InChI=1S/C18H15FN6OS/c1-11-5-4-6-12(9-11)17-23-21-15(26-17)10-27-18-24-22-16(25(18)20)13-7-2-3-8-14(13)19/h2-9H,10,20H2,1H3. The lowest BCUT2D eigenvalue weighted by Gasteiger charge is -2.03. The van der Waals surface area contributed by atoms with E-state index in [-0.39, 0.29) is 5.82 Å². The molecule has 0 unspecified atom stereocenters. The van der Waals surface area contributed by atoms with E-state index < -0.39 is 5.82 Å². The van der Waals surface area contributed by atoms with E-state index in [0.717, 1.165) is 11.1 Å². The van der Waals surface area contributed by atoms with Gasteiger partial charge in [-0.25, -0.2) is 9.07 Å². The third kappa shape index (κ3) is 3.54. The van der Waals surface area contributed by atoms with Gasteiger partial charge < -0.3 is 10.3 Å². The lowest BCUT2D eigenvalue weighted by Crippen LogP contribution is -2.12. The van der Waals surface area contributed by atoms with Gasteiger partial charge in [-0.2, -0.15) is 0 Å². The molecule has 4 aromatic rings. The number of thioether (sulfide) groups is 1. The van der Waals surface area contributed by atoms with Crippen LogP contribution in [0.25, 0.3) is 22.8 Å². The Morgan fingerprint density at radius 1 is 1.07 bits per heavy atom. The first-order chi connectivity index (χ1) is 13.1. The third-order valence-corrected chi connectivity index (χ3v) is 4.76. The summed E-state index contributed by atoms with van der Waals surface area (Å²) in [5.74, 6) is 7.12. The van der Waals surface area contributed by atoms with Crippen LogP contribution in [-0.4, -0.2) is 25.1 Å². The number of aromatic nitrogens is 5. The molecule has 0 aliphatic heterocycles.